The first-order valence-corrected chi connectivity index (χ1v) is 12.4. The van der Waals surface area contributed by atoms with Crippen LogP contribution >= 0.6 is 31.9 Å². The standard InChI is InChI=1S/C29H22Br2F2O/c1-17-3-9-21(30)15-25(17)27(19-5-11-23(32)12-6-19)29(34)28(20-7-13-24(33)14-8-20)26-16-22(31)10-4-18(26)2/h3-16,27-28H,1-2H3. The molecule has 34 heavy (non-hydrogen) atoms. The van der Waals surface area contributed by atoms with Crippen molar-refractivity contribution in [3.8, 4) is 0 Å². The normalized spacial score (nSPS) is 12.9. The molecule has 0 amide bonds. The van der Waals surface area contributed by atoms with Crippen LogP contribution in [0.1, 0.15) is 45.2 Å². The first-order chi connectivity index (χ1) is 16.2. The van der Waals surface area contributed by atoms with Gasteiger partial charge in [0.2, 0.25) is 0 Å². The van der Waals surface area contributed by atoms with Gasteiger partial charge in [-0.1, -0.05) is 68.3 Å². The fourth-order valence-electron chi connectivity index (χ4n) is 4.32. The van der Waals surface area contributed by atoms with Crippen molar-refractivity contribution in [1.82, 2.24) is 0 Å². The van der Waals surface area contributed by atoms with Crippen LogP contribution < -0.4 is 0 Å². The summed E-state index contributed by atoms with van der Waals surface area (Å²) in [5, 5.41) is 0. The van der Waals surface area contributed by atoms with E-state index in [9.17, 15) is 13.6 Å². The van der Waals surface area contributed by atoms with Crippen LogP contribution in [0.25, 0.3) is 0 Å². The van der Waals surface area contributed by atoms with Gasteiger partial charge in [0.15, 0.2) is 5.78 Å². The lowest BCUT2D eigenvalue weighted by atomic mass is 9.75. The molecule has 1 nitrogen and oxygen atoms in total. The van der Waals surface area contributed by atoms with E-state index in [0.29, 0.717) is 11.1 Å². The maximum absolute atomic E-state index is 14.5. The quantitative estimate of drug-likeness (QED) is 0.222. The number of carbonyl (C=O) groups is 1. The van der Waals surface area contributed by atoms with Gasteiger partial charge in [-0.2, -0.15) is 0 Å². The first kappa shape index (κ1) is 24.5. The minimum absolute atomic E-state index is 0.0689. The Morgan fingerprint density at radius 1 is 0.618 bits per heavy atom. The zero-order valence-corrected chi connectivity index (χ0v) is 21.8. The van der Waals surface area contributed by atoms with Crippen LogP contribution in [0.15, 0.2) is 93.9 Å². The average Bonchev–Trinajstić information content (AvgIpc) is 2.81. The van der Waals surface area contributed by atoms with E-state index in [2.05, 4.69) is 31.9 Å². The second-order valence-electron chi connectivity index (χ2n) is 8.37. The third-order valence-electron chi connectivity index (χ3n) is 6.08. The van der Waals surface area contributed by atoms with Crippen molar-refractivity contribution in [1.29, 1.82) is 0 Å². The second kappa shape index (κ2) is 10.3. The van der Waals surface area contributed by atoms with Crippen LogP contribution in [-0.4, -0.2) is 5.78 Å². The fraction of sp³-hybridized carbons (Fsp3) is 0.138. The number of aryl methyl sites for hydroxylation is 2. The molecule has 0 aliphatic rings. The van der Waals surface area contributed by atoms with Crippen LogP contribution in [-0.2, 0) is 4.79 Å². The second-order valence-corrected chi connectivity index (χ2v) is 10.2. The number of hydrogen-bond donors (Lipinski definition) is 0. The topological polar surface area (TPSA) is 17.1 Å². The molecule has 0 fully saturated rings. The Labute approximate surface area is 215 Å². The van der Waals surface area contributed by atoms with Crippen LogP contribution in [0.4, 0.5) is 8.78 Å². The Hall–Kier alpha value is -2.63. The van der Waals surface area contributed by atoms with E-state index in [0.717, 1.165) is 31.2 Å². The van der Waals surface area contributed by atoms with Crippen LogP contribution in [0, 0.1) is 25.5 Å². The van der Waals surface area contributed by atoms with Gasteiger partial charge < -0.3 is 0 Å². The van der Waals surface area contributed by atoms with Gasteiger partial charge in [0.25, 0.3) is 0 Å². The highest BCUT2D eigenvalue weighted by atomic mass is 79.9. The molecule has 0 heterocycles. The first-order valence-electron chi connectivity index (χ1n) is 10.8. The molecule has 172 valence electrons. The average molecular weight is 584 g/mol. The van der Waals surface area contributed by atoms with Gasteiger partial charge in [0.1, 0.15) is 11.6 Å². The highest BCUT2D eigenvalue weighted by Gasteiger charge is 2.33. The van der Waals surface area contributed by atoms with E-state index >= 15 is 0 Å². The molecule has 4 aromatic carbocycles. The van der Waals surface area contributed by atoms with Crippen molar-refractivity contribution in [2.45, 2.75) is 25.7 Å². The molecule has 0 bridgehead atoms. The largest absolute Gasteiger partial charge is 0.298 e. The summed E-state index contributed by atoms with van der Waals surface area (Å²) < 4.78 is 29.3. The maximum atomic E-state index is 14.5. The number of rotatable bonds is 6. The van der Waals surface area contributed by atoms with Crippen LogP contribution in [0.3, 0.4) is 0 Å². The molecule has 0 aliphatic heterocycles. The van der Waals surface area contributed by atoms with Gasteiger partial charge in [-0.3, -0.25) is 4.79 Å². The zero-order chi connectivity index (χ0) is 24.4. The molecular formula is C29H22Br2F2O. The predicted octanol–water partition coefficient (Wildman–Crippen LogP) is 8.64. The minimum Gasteiger partial charge on any atom is -0.298 e. The Morgan fingerprint density at radius 3 is 1.32 bits per heavy atom. The molecule has 4 aromatic rings. The van der Waals surface area contributed by atoms with E-state index < -0.39 is 11.8 Å². The lowest BCUT2D eigenvalue weighted by molar-refractivity contribution is -0.120. The van der Waals surface area contributed by atoms with Gasteiger partial charge in [0, 0.05) is 8.95 Å². The zero-order valence-electron chi connectivity index (χ0n) is 18.7. The third kappa shape index (κ3) is 5.21. The molecule has 0 radical (unpaired) electrons. The smallest absolute Gasteiger partial charge is 0.156 e. The van der Waals surface area contributed by atoms with Crippen molar-refractivity contribution in [2.75, 3.05) is 0 Å². The molecule has 5 heteroatoms. The number of ketones is 1. The minimum atomic E-state index is -0.647. The van der Waals surface area contributed by atoms with Crippen molar-refractivity contribution < 1.29 is 13.6 Å². The van der Waals surface area contributed by atoms with E-state index in [1.54, 1.807) is 24.3 Å². The Morgan fingerprint density at radius 2 is 0.971 bits per heavy atom. The van der Waals surface area contributed by atoms with E-state index in [1.165, 1.54) is 24.3 Å². The third-order valence-corrected chi connectivity index (χ3v) is 7.07. The van der Waals surface area contributed by atoms with Crippen molar-refractivity contribution in [3.05, 3.63) is 139 Å². The molecule has 0 saturated heterocycles. The fourth-order valence-corrected chi connectivity index (χ4v) is 5.07. The summed E-state index contributed by atoms with van der Waals surface area (Å²) in [6.45, 7) is 3.92. The molecule has 0 aromatic heterocycles. The van der Waals surface area contributed by atoms with Gasteiger partial charge in [-0.05, 0) is 95.8 Å². The van der Waals surface area contributed by atoms with Crippen molar-refractivity contribution >= 4 is 37.6 Å². The molecule has 4 rings (SSSR count). The molecular weight excluding hydrogens is 562 g/mol. The Balaban J connectivity index is 1.96. The highest BCUT2D eigenvalue weighted by Crippen LogP contribution is 2.39. The van der Waals surface area contributed by atoms with Gasteiger partial charge in [-0.25, -0.2) is 8.78 Å². The summed E-state index contributed by atoms with van der Waals surface area (Å²) in [6.07, 6.45) is 0. The van der Waals surface area contributed by atoms with E-state index in [4.69, 9.17) is 0 Å². The maximum Gasteiger partial charge on any atom is 0.156 e. The molecule has 2 unspecified atom stereocenters. The highest BCUT2D eigenvalue weighted by molar-refractivity contribution is 9.10. The molecule has 0 saturated carbocycles. The molecule has 0 aliphatic carbocycles. The summed E-state index contributed by atoms with van der Waals surface area (Å²) in [4.78, 5) is 14.5. The molecule has 0 spiro atoms. The lowest BCUT2D eigenvalue weighted by Gasteiger charge is -2.27. The number of halogens is 4. The van der Waals surface area contributed by atoms with E-state index in [-0.39, 0.29) is 17.4 Å². The van der Waals surface area contributed by atoms with Crippen molar-refractivity contribution in [3.63, 3.8) is 0 Å². The summed E-state index contributed by atoms with van der Waals surface area (Å²) in [5.74, 6) is -2.09. The summed E-state index contributed by atoms with van der Waals surface area (Å²) in [5.41, 5.74) is 4.99. The number of benzene rings is 4. The monoisotopic (exact) mass is 582 g/mol. The summed E-state index contributed by atoms with van der Waals surface area (Å²) >= 11 is 7.07. The number of carbonyl (C=O) groups excluding carboxylic acids is 1. The van der Waals surface area contributed by atoms with Crippen molar-refractivity contribution in [2.24, 2.45) is 0 Å². The van der Waals surface area contributed by atoms with Gasteiger partial charge in [0.05, 0.1) is 11.8 Å². The summed E-state index contributed by atoms with van der Waals surface area (Å²) in [6, 6.07) is 23.8. The van der Waals surface area contributed by atoms with E-state index in [1.807, 2.05) is 50.2 Å². The van der Waals surface area contributed by atoms with Gasteiger partial charge in [-0.15, -0.1) is 0 Å². The van der Waals surface area contributed by atoms with Gasteiger partial charge >= 0.3 is 0 Å². The Bertz CT molecular complexity index is 1230. The summed E-state index contributed by atoms with van der Waals surface area (Å²) in [7, 11) is 0. The Kier molecular flexibility index (Phi) is 7.44. The van der Waals surface area contributed by atoms with Crippen LogP contribution in [0.2, 0.25) is 0 Å². The number of hydrogen-bond acceptors (Lipinski definition) is 1. The van der Waals surface area contributed by atoms with Crippen LogP contribution in [0.5, 0.6) is 0 Å². The predicted molar refractivity (Wildman–Crippen MR) is 139 cm³/mol. The lowest BCUT2D eigenvalue weighted by Crippen LogP contribution is -2.24. The number of Topliss-reactive ketones (excluding diaryl/α,β-unsaturated/α-hetero) is 1. The SMILES string of the molecule is Cc1ccc(Br)cc1C(C(=O)C(c1ccc(F)cc1)c1cc(Br)ccc1C)c1ccc(F)cc1. The molecule has 0 N–H and O–H groups in total. The molecule has 2 atom stereocenters.